The van der Waals surface area contributed by atoms with Crippen molar-refractivity contribution in [2.75, 3.05) is 5.32 Å². The van der Waals surface area contributed by atoms with Crippen LogP contribution in [0.25, 0.3) is 22.8 Å². The highest BCUT2D eigenvalue weighted by Gasteiger charge is 2.62. The fourth-order valence-corrected chi connectivity index (χ4v) is 4.88. The van der Waals surface area contributed by atoms with E-state index in [0.717, 1.165) is 6.20 Å². The molecule has 0 radical (unpaired) electrons. The van der Waals surface area contributed by atoms with Gasteiger partial charge >= 0.3 is 6.18 Å². The van der Waals surface area contributed by atoms with E-state index in [0.29, 0.717) is 48.8 Å². The van der Waals surface area contributed by atoms with Crippen LogP contribution in [-0.2, 0) is 25.6 Å². The summed E-state index contributed by atoms with van der Waals surface area (Å²) in [6.45, 7) is 0.928. The second-order valence-corrected chi connectivity index (χ2v) is 8.95. The first-order valence-corrected chi connectivity index (χ1v) is 11.3. The zero-order chi connectivity index (χ0) is 24.4. The molecule has 0 bridgehead atoms. The van der Waals surface area contributed by atoms with Gasteiger partial charge in [0.05, 0.1) is 18.1 Å². The second kappa shape index (κ2) is 7.62. The van der Waals surface area contributed by atoms with Gasteiger partial charge in [-0.15, -0.1) is 10.2 Å². The molecule has 0 saturated heterocycles. The zero-order valence-electron chi connectivity index (χ0n) is 18.7. The van der Waals surface area contributed by atoms with Gasteiger partial charge in [-0.05, 0) is 25.3 Å². The van der Waals surface area contributed by atoms with Crippen molar-refractivity contribution < 1.29 is 17.6 Å². The Kier molecular flexibility index (Phi) is 4.73. The summed E-state index contributed by atoms with van der Waals surface area (Å²) in [6, 6.07) is 3.42. The highest BCUT2D eigenvalue weighted by Crippen LogP contribution is 2.54. The van der Waals surface area contributed by atoms with Crippen LogP contribution < -0.4 is 5.32 Å². The maximum Gasteiger partial charge on any atom is 0.401 e. The number of nitrogens with one attached hydrogen (secondary N) is 1. The Bertz CT molecular complexity index is 1410. The molecule has 2 aliphatic rings. The SMILES string of the molecule is Cn1nccc1Nc1ncc(F)c(-c2cc3n(c2)CCCn2c-3nnc2C2(C(F)(F)F)CCC2)n1. The van der Waals surface area contributed by atoms with E-state index in [1.165, 1.54) is 0 Å². The molecule has 4 aromatic rings. The molecule has 0 amide bonds. The lowest BCUT2D eigenvalue weighted by Gasteiger charge is -2.42. The van der Waals surface area contributed by atoms with E-state index in [1.54, 1.807) is 40.8 Å². The molecule has 0 atom stereocenters. The molecule has 0 unspecified atom stereocenters. The second-order valence-electron chi connectivity index (χ2n) is 8.95. The van der Waals surface area contributed by atoms with Gasteiger partial charge in [0.1, 0.15) is 22.8 Å². The van der Waals surface area contributed by atoms with Gasteiger partial charge in [-0.1, -0.05) is 6.42 Å². The molecule has 5 heterocycles. The van der Waals surface area contributed by atoms with Crippen molar-refractivity contribution in [2.45, 2.75) is 50.4 Å². The van der Waals surface area contributed by atoms with Gasteiger partial charge in [0.15, 0.2) is 11.6 Å². The van der Waals surface area contributed by atoms with E-state index >= 15 is 0 Å². The minimum atomic E-state index is -4.39. The van der Waals surface area contributed by atoms with Crippen LogP contribution in [0.2, 0.25) is 0 Å². The summed E-state index contributed by atoms with van der Waals surface area (Å²) >= 11 is 0. The minimum Gasteiger partial charge on any atom is -0.344 e. The van der Waals surface area contributed by atoms with E-state index in [4.69, 9.17) is 0 Å². The molecule has 1 aliphatic carbocycles. The Balaban J connectivity index is 1.40. The third-order valence-corrected chi connectivity index (χ3v) is 6.91. The topological polar surface area (TPSA) is 91.3 Å². The molecular weight excluding hydrogens is 466 g/mol. The highest BCUT2D eigenvalue weighted by molar-refractivity contribution is 5.69. The summed E-state index contributed by atoms with van der Waals surface area (Å²) in [5, 5.41) is 15.3. The van der Waals surface area contributed by atoms with Crippen LogP contribution in [-0.4, -0.2) is 45.3 Å². The summed E-state index contributed by atoms with van der Waals surface area (Å²) < 4.78 is 61.8. The predicted octanol–water partition coefficient (Wildman–Crippen LogP) is 4.21. The maximum atomic E-state index is 14.8. The van der Waals surface area contributed by atoms with Gasteiger partial charge in [-0.25, -0.2) is 14.4 Å². The molecule has 1 saturated carbocycles. The maximum absolute atomic E-state index is 14.8. The van der Waals surface area contributed by atoms with Crippen molar-refractivity contribution in [3.63, 3.8) is 0 Å². The summed E-state index contributed by atoms with van der Waals surface area (Å²) in [7, 11) is 1.74. The monoisotopic (exact) mass is 487 g/mol. The molecule has 4 aromatic heterocycles. The molecule has 1 N–H and O–H groups in total. The van der Waals surface area contributed by atoms with Gasteiger partial charge in [0.2, 0.25) is 5.95 Å². The van der Waals surface area contributed by atoms with Gasteiger partial charge < -0.3 is 14.5 Å². The molecule has 13 heteroatoms. The smallest absolute Gasteiger partial charge is 0.344 e. The fourth-order valence-electron chi connectivity index (χ4n) is 4.88. The molecule has 182 valence electrons. The number of aryl methyl sites for hydroxylation is 2. The van der Waals surface area contributed by atoms with Crippen LogP contribution in [0.3, 0.4) is 0 Å². The number of hydrogen-bond acceptors (Lipinski definition) is 6. The molecule has 35 heavy (non-hydrogen) atoms. The van der Waals surface area contributed by atoms with Crippen molar-refractivity contribution >= 4 is 11.8 Å². The number of halogens is 4. The van der Waals surface area contributed by atoms with Gasteiger partial charge in [0, 0.05) is 38.0 Å². The molecule has 6 rings (SSSR count). The zero-order valence-corrected chi connectivity index (χ0v) is 18.7. The van der Waals surface area contributed by atoms with E-state index in [-0.39, 0.29) is 30.3 Å². The number of nitrogens with zero attached hydrogens (tertiary/aromatic N) is 8. The highest BCUT2D eigenvalue weighted by atomic mass is 19.4. The van der Waals surface area contributed by atoms with Crippen molar-refractivity contribution in [1.82, 2.24) is 39.1 Å². The molecule has 1 fully saturated rings. The van der Waals surface area contributed by atoms with Crippen LogP contribution in [0.15, 0.2) is 30.7 Å². The Labute approximate surface area is 196 Å². The Hall–Kier alpha value is -3.77. The average molecular weight is 487 g/mol. The summed E-state index contributed by atoms with van der Waals surface area (Å²) in [5.74, 6) is 0.522. The van der Waals surface area contributed by atoms with Gasteiger partial charge in [0.25, 0.3) is 0 Å². The van der Waals surface area contributed by atoms with Crippen LogP contribution in [0.1, 0.15) is 31.5 Å². The summed E-state index contributed by atoms with van der Waals surface area (Å²) in [5.41, 5.74) is -0.831. The lowest BCUT2D eigenvalue weighted by molar-refractivity contribution is -0.216. The molecule has 0 spiro atoms. The van der Waals surface area contributed by atoms with Crippen LogP contribution in [0.4, 0.5) is 29.3 Å². The third-order valence-electron chi connectivity index (χ3n) is 6.91. The number of aromatic nitrogens is 8. The van der Waals surface area contributed by atoms with Crippen molar-refractivity contribution in [3.05, 3.63) is 42.4 Å². The number of anilines is 2. The predicted molar refractivity (Wildman–Crippen MR) is 117 cm³/mol. The minimum absolute atomic E-state index is 0.0134. The Morgan fingerprint density at radius 1 is 1.11 bits per heavy atom. The first-order valence-electron chi connectivity index (χ1n) is 11.3. The van der Waals surface area contributed by atoms with E-state index in [9.17, 15) is 17.6 Å². The van der Waals surface area contributed by atoms with E-state index in [2.05, 4.69) is 30.6 Å². The quantitative estimate of drug-likeness (QED) is 0.434. The fraction of sp³-hybridized carbons (Fsp3) is 0.409. The first kappa shape index (κ1) is 21.7. The Morgan fingerprint density at radius 3 is 2.63 bits per heavy atom. The number of hydrogen-bond donors (Lipinski definition) is 1. The van der Waals surface area contributed by atoms with Gasteiger partial charge in [-0.2, -0.15) is 18.3 Å². The van der Waals surface area contributed by atoms with Crippen molar-refractivity contribution in [1.29, 1.82) is 0 Å². The lowest BCUT2D eigenvalue weighted by Crippen LogP contribution is -2.49. The normalized spacial score (nSPS) is 16.8. The van der Waals surface area contributed by atoms with Crippen LogP contribution in [0, 0.1) is 5.82 Å². The average Bonchev–Trinajstić information content (AvgIpc) is 3.45. The number of alkyl halides is 3. The van der Waals surface area contributed by atoms with Crippen molar-refractivity contribution in [3.8, 4) is 22.8 Å². The van der Waals surface area contributed by atoms with Crippen molar-refractivity contribution in [2.24, 2.45) is 7.05 Å². The van der Waals surface area contributed by atoms with E-state index in [1.807, 2.05) is 4.57 Å². The van der Waals surface area contributed by atoms with Gasteiger partial charge in [-0.3, -0.25) is 4.68 Å². The first-order chi connectivity index (χ1) is 16.8. The molecule has 1 aliphatic heterocycles. The van der Waals surface area contributed by atoms with Crippen LogP contribution in [0.5, 0.6) is 0 Å². The molecule has 0 aromatic carbocycles. The summed E-state index contributed by atoms with van der Waals surface area (Å²) in [4.78, 5) is 8.34. The molecule has 9 nitrogen and oxygen atoms in total. The van der Waals surface area contributed by atoms with E-state index < -0.39 is 17.4 Å². The third kappa shape index (κ3) is 3.32. The standard InChI is InChI=1S/C22H21F4N9/c1-33-16(4-7-28-33)29-20-27-11-14(23)17(30-20)13-10-15-18-31-32-19(21(5-2-6-21)22(24,25)26)35(18)9-3-8-34(15)12-13/h4,7,10-12H,2-3,5-6,8-9H2,1H3,(H,27,29,30). The Morgan fingerprint density at radius 2 is 1.94 bits per heavy atom. The lowest BCUT2D eigenvalue weighted by atomic mass is 9.67. The van der Waals surface area contributed by atoms with Crippen LogP contribution >= 0.6 is 0 Å². The number of rotatable bonds is 4. The number of fused-ring (bicyclic) bond motifs is 3. The largest absolute Gasteiger partial charge is 0.401 e. The molecular formula is C22H21F4N9. The summed E-state index contributed by atoms with van der Waals surface area (Å²) in [6.07, 6.45) is 1.15.